The molecule has 1 atom stereocenters. The van der Waals surface area contributed by atoms with Crippen molar-refractivity contribution >= 4 is 15.9 Å². The van der Waals surface area contributed by atoms with E-state index >= 15 is 0 Å². The van der Waals surface area contributed by atoms with Crippen molar-refractivity contribution in [3.8, 4) is 5.69 Å². The van der Waals surface area contributed by atoms with E-state index in [0.717, 1.165) is 16.1 Å². The molecule has 21 heavy (non-hydrogen) atoms. The monoisotopic (exact) mass is 346 g/mol. The second kappa shape index (κ2) is 6.24. The third-order valence-corrected chi connectivity index (χ3v) is 3.72. The quantitative estimate of drug-likeness (QED) is 0.768. The zero-order valence-electron chi connectivity index (χ0n) is 11.5. The Morgan fingerprint density at radius 2 is 2.05 bits per heavy atom. The summed E-state index contributed by atoms with van der Waals surface area (Å²) < 4.78 is 7.97. The molecule has 0 aliphatic carbocycles. The molecule has 1 unspecified atom stereocenters. The van der Waals surface area contributed by atoms with Gasteiger partial charge in [-0.2, -0.15) is 0 Å². The first-order valence-corrected chi connectivity index (χ1v) is 7.46. The fourth-order valence-electron chi connectivity index (χ4n) is 2.08. The van der Waals surface area contributed by atoms with E-state index in [1.807, 2.05) is 30.5 Å². The second-order valence-electron chi connectivity index (χ2n) is 4.75. The Balaban J connectivity index is 1.63. The number of hydrogen-bond donors (Lipinski definition) is 1. The molecule has 0 aliphatic heterocycles. The molecule has 0 fully saturated rings. The van der Waals surface area contributed by atoms with Gasteiger partial charge in [-0.1, -0.05) is 17.3 Å². The molecule has 1 aromatic carbocycles. The Morgan fingerprint density at radius 1 is 1.24 bits per heavy atom. The van der Waals surface area contributed by atoms with Gasteiger partial charge in [0.2, 0.25) is 0 Å². The molecule has 6 heteroatoms. The van der Waals surface area contributed by atoms with Gasteiger partial charge >= 0.3 is 0 Å². The molecular weight excluding hydrogens is 332 g/mol. The Morgan fingerprint density at radius 3 is 2.67 bits per heavy atom. The van der Waals surface area contributed by atoms with E-state index in [4.69, 9.17) is 4.42 Å². The van der Waals surface area contributed by atoms with Gasteiger partial charge < -0.3 is 9.73 Å². The number of aromatic nitrogens is 3. The molecule has 0 aliphatic rings. The van der Waals surface area contributed by atoms with Crippen LogP contribution >= 0.6 is 15.9 Å². The van der Waals surface area contributed by atoms with Crippen molar-refractivity contribution in [3.05, 3.63) is 64.8 Å². The van der Waals surface area contributed by atoms with Crippen LogP contribution in [0.5, 0.6) is 0 Å². The van der Waals surface area contributed by atoms with Crippen LogP contribution in [0.4, 0.5) is 0 Å². The van der Waals surface area contributed by atoms with Crippen LogP contribution in [-0.4, -0.2) is 15.0 Å². The first-order valence-electron chi connectivity index (χ1n) is 6.66. The van der Waals surface area contributed by atoms with Gasteiger partial charge in [0.25, 0.3) is 0 Å². The maximum absolute atomic E-state index is 5.47. The highest BCUT2D eigenvalue weighted by Crippen LogP contribution is 2.17. The van der Waals surface area contributed by atoms with Gasteiger partial charge in [0, 0.05) is 6.04 Å². The smallest absolute Gasteiger partial charge is 0.169 e. The lowest BCUT2D eigenvalue weighted by Gasteiger charge is -2.13. The highest BCUT2D eigenvalue weighted by molar-refractivity contribution is 9.10. The fourth-order valence-corrected chi connectivity index (χ4v) is 2.42. The normalized spacial score (nSPS) is 12.5. The van der Waals surface area contributed by atoms with E-state index in [1.165, 1.54) is 5.56 Å². The average Bonchev–Trinajstić information content (AvgIpc) is 3.16. The molecule has 0 bridgehead atoms. The number of nitrogens with zero attached hydrogens (tertiary/aromatic N) is 3. The Kier molecular flexibility index (Phi) is 4.17. The first kappa shape index (κ1) is 14.0. The van der Waals surface area contributed by atoms with Crippen LogP contribution in [0.25, 0.3) is 5.69 Å². The van der Waals surface area contributed by atoms with Crippen molar-refractivity contribution in [2.75, 3.05) is 0 Å². The minimum absolute atomic E-state index is 0.235. The molecule has 2 heterocycles. The number of benzene rings is 1. The Bertz CT molecular complexity index is 691. The molecule has 3 rings (SSSR count). The van der Waals surface area contributed by atoms with Crippen LogP contribution in [0.15, 0.2) is 57.9 Å². The zero-order chi connectivity index (χ0) is 14.7. The van der Waals surface area contributed by atoms with Gasteiger partial charge in [-0.25, -0.2) is 4.68 Å². The van der Waals surface area contributed by atoms with Gasteiger partial charge in [-0.15, -0.1) is 5.10 Å². The summed E-state index contributed by atoms with van der Waals surface area (Å²) in [5.41, 5.74) is 2.21. The first-order chi connectivity index (χ1) is 10.2. The van der Waals surface area contributed by atoms with Crippen LogP contribution in [0.3, 0.4) is 0 Å². The molecule has 0 amide bonds. The molecule has 0 saturated heterocycles. The van der Waals surface area contributed by atoms with Crippen LogP contribution in [0.2, 0.25) is 0 Å². The van der Waals surface area contributed by atoms with Crippen LogP contribution in [0, 0.1) is 0 Å². The van der Waals surface area contributed by atoms with E-state index in [0.29, 0.717) is 6.54 Å². The Hall–Kier alpha value is -1.92. The maximum Gasteiger partial charge on any atom is 0.169 e. The molecule has 5 nitrogen and oxygen atoms in total. The number of nitrogens with one attached hydrogen (secondary N) is 1. The van der Waals surface area contributed by atoms with E-state index in [1.54, 1.807) is 10.9 Å². The third-order valence-electron chi connectivity index (χ3n) is 3.29. The summed E-state index contributed by atoms with van der Waals surface area (Å²) in [7, 11) is 0. The minimum Gasteiger partial charge on any atom is -0.453 e. The van der Waals surface area contributed by atoms with Crippen molar-refractivity contribution in [1.29, 1.82) is 0 Å². The molecule has 1 N–H and O–H groups in total. The summed E-state index contributed by atoms with van der Waals surface area (Å²) in [6.07, 6.45) is 3.49. The van der Waals surface area contributed by atoms with Crippen LogP contribution in [-0.2, 0) is 6.54 Å². The predicted octanol–water partition coefficient (Wildman–Crippen LogP) is 3.47. The van der Waals surface area contributed by atoms with Gasteiger partial charge in [0.05, 0.1) is 24.6 Å². The molecule has 108 valence electrons. The minimum atomic E-state index is 0.235. The summed E-state index contributed by atoms with van der Waals surface area (Å²) in [5, 5.41) is 11.2. The molecule has 0 radical (unpaired) electrons. The average molecular weight is 347 g/mol. The summed E-state index contributed by atoms with van der Waals surface area (Å²) >= 11 is 3.30. The number of rotatable bonds is 5. The number of hydrogen-bond acceptors (Lipinski definition) is 4. The number of furan rings is 1. The molecule has 3 aromatic rings. The van der Waals surface area contributed by atoms with Crippen molar-refractivity contribution in [3.63, 3.8) is 0 Å². The van der Waals surface area contributed by atoms with Crippen LogP contribution in [0.1, 0.15) is 24.3 Å². The fraction of sp³-hybridized carbons (Fsp3) is 0.200. The van der Waals surface area contributed by atoms with E-state index in [9.17, 15) is 0 Å². The topological polar surface area (TPSA) is 55.9 Å². The van der Waals surface area contributed by atoms with E-state index < -0.39 is 0 Å². The molecule has 0 spiro atoms. The van der Waals surface area contributed by atoms with Gasteiger partial charge in [0.1, 0.15) is 5.76 Å². The summed E-state index contributed by atoms with van der Waals surface area (Å²) in [4.78, 5) is 0. The third kappa shape index (κ3) is 3.40. The lowest BCUT2D eigenvalue weighted by atomic mass is 10.1. The lowest BCUT2D eigenvalue weighted by molar-refractivity contribution is 0.447. The van der Waals surface area contributed by atoms with Crippen molar-refractivity contribution in [1.82, 2.24) is 20.3 Å². The highest BCUT2D eigenvalue weighted by atomic mass is 79.9. The zero-order valence-corrected chi connectivity index (χ0v) is 13.1. The standard InChI is InChI=1S/C15H15BrN4O/c1-11(17-10-14-6-7-15(16)21-14)12-2-4-13(5-3-12)20-9-8-18-19-20/h2-9,11,17H,10H2,1H3. The molecule has 2 aromatic heterocycles. The Labute approximate surface area is 131 Å². The second-order valence-corrected chi connectivity index (χ2v) is 5.53. The van der Waals surface area contributed by atoms with Crippen molar-refractivity contribution in [2.24, 2.45) is 0 Å². The lowest BCUT2D eigenvalue weighted by Crippen LogP contribution is -2.17. The summed E-state index contributed by atoms with van der Waals surface area (Å²) in [6.45, 7) is 2.82. The summed E-state index contributed by atoms with van der Waals surface area (Å²) in [6, 6.07) is 12.3. The van der Waals surface area contributed by atoms with Gasteiger partial charge in [-0.05, 0) is 52.7 Å². The molecule has 0 saturated carbocycles. The highest BCUT2D eigenvalue weighted by Gasteiger charge is 2.07. The SMILES string of the molecule is CC(NCc1ccc(Br)o1)c1ccc(-n2ccnn2)cc1. The maximum atomic E-state index is 5.47. The van der Waals surface area contributed by atoms with E-state index in [-0.39, 0.29) is 6.04 Å². The largest absolute Gasteiger partial charge is 0.453 e. The van der Waals surface area contributed by atoms with Gasteiger partial charge in [0.15, 0.2) is 4.67 Å². The van der Waals surface area contributed by atoms with Crippen molar-refractivity contribution < 1.29 is 4.42 Å². The predicted molar refractivity (Wildman–Crippen MR) is 83.0 cm³/mol. The van der Waals surface area contributed by atoms with Crippen molar-refractivity contribution in [2.45, 2.75) is 19.5 Å². The number of halogens is 1. The molecular formula is C15H15BrN4O. The van der Waals surface area contributed by atoms with Crippen LogP contribution < -0.4 is 5.32 Å². The van der Waals surface area contributed by atoms with E-state index in [2.05, 4.69) is 50.6 Å². The summed E-state index contributed by atoms with van der Waals surface area (Å²) in [5.74, 6) is 0.910. The van der Waals surface area contributed by atoms with Gasteiger partial charge in [-0.3, -0.25) is 0 Å².